The topological polar surface area (TPSA) is 34.1 Å². The molecule has 0 atom stereocenters. The van der Waals surface area contributed by atoms with Gasteiger partial charge >= 0.3 is 6.18 Å². The third kappa shape index (κ3) is 6.12. The first kappa shape index (κ1) is 21.5. The number of benzene rings is 1. The Balaban J connectivity index is 1.72. The zero-order valence-electron chi connectivity index (χ0n) is 16.9. The summed E-state index contributed by atoms with van der Waals surface area (Å²) in [6.07, 6.45) is 5.10. The molecule has 1 aromatic carbocycles. The molecule has 1 fully saturated rings. The number of unbranched alkanes of at least 4 members (excludes halogenated alkanes) is 1. The van der Waals surface area contributed by atoms with E-state index in [0.29, 0.717) is 23.9 Å². The number of aromatic nitrogens is 1. The van der Waals surface area contributed by atoms with Crippen LogP contribution < -0.4 is 10.1 Å². The third-order valence-electron chi connectivity index (χ3n) is 5.43. The van der Waals surface area contributed by atoms with E-state index in [-0.39, 0.29) is 11.3 Å². The largest absolute Gasteiger partial charge is 0.494 e. The lowest BCUT2D eigenvalue weighted by atomic mass is 9.89. The van der Waals surface area contributed by atoms with Crippen molar-refractivity contribution in [3.63, 3.8) is 0 Å². The van der Waals surface area contributed by atoms with Crippen LogP contribution in [-0.4, -0.2) is 18.1 Å². The highest BCUT2D eigenvalue weighted by Gasteiger charge is 2.34. The van der Waals surface area contributed by atoms with Crippen LogP contribution in [0.2, 0.25) is 0 Å². The van der Waals surface area contributed by atoms with Crippen LogP contribution in [0.15, 0.2) is 36.5 Å². The molecule has 0 radical (unpaired) electrons. The number of halogens is 3. The maximum Gasteiger partial charge on any atom is 0.417 e. The minimum Gasteiger partial charge on any atom is -0.494 e. The summed E-state index contributed by atoms with van der Waals surface area (Å²) in [4.78, 5) is 4.34. The molecule has 1 N–H and O–H groups in total. The van der Waals surface area contributed by atoms with E-state index in [9.17, 15) is 13.2 Å². The fourth-order valence-corrected chi connectivity index (χ4v) is 3.73. The van der Waals surface area contributed by atoms with Crippen LogP contribution in [-0.2, 0) is 6.18 Å². The van der Waals surface area contributed by atoms with Crippen molar-refractivity contribution in [3.05, 3.63) is 42.1 Å². The van der Waals surface area contributed by atoms with Gasteiger partial charge in [-0.15, -0.1) is 0 Å². The van der Waals surface area contributed by atoms with Crippen molar-refractivity contribution in [1.29, 1.82) is 0 Å². The smallest absolute Gasteiger partial charge is 0.417 e. The molecule has 3 rings (SSSR count). The van der Waals surface area contributed by atoms with Crippen LogP contribution in [0.25, 0.3) is 11.1 Å². The summed E-state index contributed by atoms with van der Waals surface area (Å²) in [7, 11) is 0. The number of hydrogen-bond donors (Lipinski definition) is 1. The molecule has 29 heavy (non-hydrogen) atoms. The molecule has 1 saturated carbocycles. The lowest BCUT2D eigenvalue weighted by molar-refractivity contribution is -0.137. The molecule has 2 aromatic rings. The van der Waals surface area contributed by atoms with Gasteiger partial charge in [-0.2, -0.15) is 13.2 Å². The van der Waals surface area contributed by atoms with E-state index in [4.69, 9.17) is 4.74 Å². The Morgan fingerprint density at radius 1 is 1.10 bits per heavy atom. The maximum absolute atomic E-state index is 13.6. The van der Waals surface area contributed by atoms with Gasteiger partial charge in [0, 0.05) is 18.3 Å². The van der Waals surface area contributed by atoms with E-state index in [1.165, 1.54) is 44.4 Å². The Morgan fingerprint density at radius 2 is 1.90 bits per heavy atom. The number of hydrogen-bond acceptors (Lipinski definition) is 3. The number of rotatable bonds is 8. The normalized spacial score (nSPS) is 15.3. The molecular formula is C23H29F3N2O. The molecule has 0 amide bonds. The van der Waals surface area contributed by atoms with Gasteiger partial charge in [-0.05, 0) is 55.0 Å². The summed E-state index contributed by atoms with van der Waals surface area (Å²) in [5.74, 6) is 1.60. The lowest BCUT2D eigenvalue weighted by Crippen LogP contribution is -2.17. The molecule has 0 saturated heterocycles. The Labute approximate surface area is 170 Å². The first-order chi connectivity index (χ1) is 14.0. The zero-order valence-corrected chi connectivity index (χ0v) is 16.9. The fraction of sp³-hybridized carbons (Fsp3) is 0.522. The van der Waals surface area contributed by atoms with Crippen molar-refractivity contribution in [3.8, 4) is 16.9 Å². The van der Waals surface area contributed by atoms with E-state index in [1.807, 2.05) is 6.92 Å². The second kappa shape index (κ2) is 9.99. The molecule has 6 heteroatoms. The minimum atomic E-state index is -4.46. The SMILES string of the molecule is CCCCOc1ccc(-c2ccc(NCC3CCCCC3)nc2)c(C(F)(F)F)c1. The molecular weight excluding hydrogens is 377 g/mol. The number of nitrogens with zero attached hydrogens (tertiary/aromatic N) is 1. The standard InChI is InChI=1S/C23H29F3N2O/c1-2-3-13-29-19-10-11-20(21(14-19)23(24,25)26)18-9-12-22(28-16-18)27-15-17-7-5-4-6-8-17/h9-12,14,16-17H,2-8,13,15H2,1H3,(H,27,28). The average Bonchev–Trinajstić information content (AvgIpc) is 2.73. The van der Waals surface area contributed by atoms with Gasteiger partial charge in [-0.3, -0.25) is 0 Å². The Kier molecular flexibility index (Phi) is 7.40. The molecule has 1 aliphatic rings. The summed E-state index contributed by atoms with van der Waals surface area (Å²) in [5.41, 5.74) is -0.136. The minimum absolute atomic E-state index is 0.117. The van der Waals surface area contributed by atoms with E-state index < -0.39 is 11.7 Å². The number of ether oxygens (including phenoxy) is 1. The highest BCUT2D eigenvalue weighted by Crippen LogP contribution is 2.39. The van der Waals surface area contributed by atoms with Gasteiger partial charge in [0.15, 0.2) is 0 Å². The van der Waals surface area contributed by atoms with Gasteiger partial charge in [0.25, 0.3) is 0 Å². The number of anilines is 1. The summed E-state index contributed by atoms with van der Waals surface area (Å²) in [6.45, 7) is 3.29. The molecule has 0 bridgehead atoms. The predicted octanol–water partition coefficient (Wildman–Crippen LogP) is 6.94. The molecule has 0 unspecified atom stereocenters. The monoisotopic (exact) mass is 406 g/mol. The first-order valence-corrected chi connectivity index (χ1v) is 10.5. The Morgan fingerprint density at radius 3 is 2.55 bits per heavy atom. The van der Waals surface area contributed by atoms with Crippen molar-refractivity contribution >= 4 is 5.82 Å². The molecule has 1 aromatic heterocycles. The van der Waals surface area contributed by atoms with E-state index >= 15 is 0 Å². The fourth-order valence-electron chi connectivity index (χ4n) is 3.73. The number of nitrogens with one attached hydrogen (secondary N) is 1. The van der Waals surface area contributed by atoms with Gasteiger partial charge in [-0.25, -0.2) is 4.98 Å². The second-order valence-electron chi connectivity index (χ2n) is 7.72. The lowest BCUT2D eigenvalue weighted by Gasteiger charge is -2.22. The van der Waals surface area contributed by atoms with Crippen LogP contribution in [0.3, 0.4) is 0 Å². The first-order valence-electron chi connectivity index (χ1n) is 10.5. The van der Waals surface area contributed by atoms with E-state index in [0.717, 1.165) is 25.5 Å². The Hall–Kier alpha value is -2.24. The van der Waals surface area contributed by atoms with Crippen molar-refractivity contribution in [2.75, 3.05) is 18.5 Å². The van der Waals surface area contributed by atoms with E-state index in [1.54, 1.807) is 18.2 Å². The van der Waals surface area contributed by atoms with Gasteiger partial charge in [-0.1, -0.05) is 38.7 Å². The number of pyridine rings is 1. The van der Waals surface area contributed by atoms with Crippen LogP contribution in [0.4, 0.5) is 19.0 Å². The molecule has 3 nitrogen and oxygen atoms in total. The summed E-state index contributed by atoms with van der Waals surface area (Å²) < 4.78 is 46.3. The summed E-state index contributed by atoms with van der Waals surface area (Å²) >= 11 is 0. The Bertz CT molecular complexity index is 769. The average molecular weight is 406 g/mol. The van der Waals surface area contributed by atoms with Gasteiger partial charge < -0.3 is 10.1 Å². The molecule has 0 spiro atoms. The van der Waals surface area contributed by atoms with Crippen LogP contribution in [0.1, 0.15) is 57.4 Å². The van der Waals surface area contributed by atoms with Crippen molar-refractivity contribution in [1.82, 2.24) is 4.98 Å². The highest BCUT2D eigenvalue weighted by molar-refractivity contribution is 5.69. The van der Waals surface area contributed by atoms with Crippen molar-refractivity contribution < 1.29 is 17.9 Å². The van der Waals surface area contributed by atoms with Gasteiger partial charge in [0.1, 0.15) is 11.6 Å². The van der Waals surface area contributed by atoms with Crippen molar-refractivity contribution in [2.45, 2.75) is 58.0 Å². The van der Waals surface area contributed by atoms with E-state index in [2.05, 4.69) is 10.3 Å². The third-order valence-corrected chi connectivity index (χ3v) is 5.43. The number of alkyl halides is 3. The van der Waals surface area contributed by atoms with Gasteiger partial charge in [0.05, 0.1) is 12.2 Å². The van der Waals surface area contributed by atoms with Gasteiger partial charge in [0.2, 0.25) is 0 Å². The predicted molar refractivity (Wildman–Crippen MR) is 110 cm³/mol. The highest BCUT2D eigenvalue weighted by atomic mass is 19.4. The summed E-state index contributed by atoms with van der Waals surface area (Å²) in [5, 5.41) is 3.32. The van der Waals surface area contributed by atoms with Crippen LogP contribution in [0.5, 0.6) is 5.75 Å². The maximum atomic E-state index is 13.6. The second-order valence-corrected chi connectivity index (χ2v) is 7.72. The molecule has 158 valence electrons. The van der Waals surface area contributed by atoms with Crippen LogP contribution in [0, 0.1) is 5.92 Å². The summed E-state index contributed by atoms with van der Waals surface area (Å²) in [6, 6.07) is 7.59. The molecule has 0 aliphatic heterocycles. The quantitative estimate of drug-likeness (QED) is 0.482. The zero-order chi connectivity index (χ0) is 20.7. The van der Waals surface area contributed by atoms with Crippen molar-refractivity contribution in [2.24, 2.45) is 5.92 Å². The molecule has 1 heterocycles. The van der Waals surface area contributed by atoms with Crippen LogP contribution >= 0.6 is 0 Å². The molecule has 1 aliphatic carbocycles.